The van der Waals surface area contributed by atoms with Gasteiger partial charge in [0.05, 0.1) is 6.61 Å². The van der Waals surface area contributed by atoms with Crippen LogP contribution in [0, 0.1) is 0 Å². The second-order valence-electron chi connectivity index (χ2n) is 10.2. The number of hydrogen-bond donors (Lipinski definition) is 2. The Kier molecular flexibility index (Phi) is 5.47. The summed E-state index contributed by atoms with van der Waals surface area (Å²) in [6.07, 6.45) is -0.0345. The Morgan fingerprint density at radius 1 is 1.03 bits per heavy atom. The van der Waals surface area contributed by atoms with Crippen molar-refractivity contribution in [3.05, 3.63) is 60.7 Å². The van der Waals surface area contributed by atoms with Crippen LogP contribution in [0.5, 0.6) is 0 Å². The van der Waals surface area contributed by atoms with E-state index >= 15 is 4.39 Å². The second kappa shape index (κ2) is 7.49. The first kappa shape index (κ1) is 22.6. The number of halogens is 1. The van der Waals surface area contributed by atoms with Crippen LogP contribution in [0.25, 0.3) is 0 Å². The first-order valence-corrected chi connectivity index (χ1v) is 12.9. The second-order valence-corrected chi connectivity index (χ2v) is 14.1. The van der Waals surface area contributed by atoms with E-state index in [1.165, 1.54) is 0 Å². The van der Waals surface area contributed by atoms with Gasteiger partial charge in [-0.3, -0.25) is 0 Å². The smallest absolute Gasteiger partial charge is 0.258 e. The molecule has 3 atom stereocenters. The predicted octanol–water partition coefficient (Wildman–Crippen LogP) is 3.29. The Hall–Kier alpha value is -1.57. The third kappa shape index (κ3) is 3.78. The molecule has 1 heterocycles. The standard InChI is InChI=1S/C25H33FO4Si/c1-22(2,15-16-24(26)18-25(24,27)21-17-29-23(3,4)30-21)31(28,19-11-7-5-8-12-19)20-13-9-6-10-14-20/h5-14,21,27-28H,15-18H2,1-4H3/t21-,24-,25-/m1/s1. The van der Waals surface area contributed by atoms with Gasteiger partial charge in [0.25, 0.3) is 8.32 Å². The summed E-state index contributed by atoms with van der Waals surface area (Å²) in [6.45, 7) is 7.76. The highest BCUT2D eigenvalue weighted by Gasteiger charge is 2.74. The van der Waals surface area contributed by atoms with Gasteiger partial charge in [0.1, 0.15) is 17.4 Å². The molecule has 1 saturated carbocycles. The summed E-state index contributed by atoms with van der Waals surface area (Å²) >= 11 is 0. The molecule has 0 spiro atoms. The highest BCUT2D eigenvalue weighted by Crippen LogP contribution is 2.60. The van der Waals surface area contributed by atoms with Crippen LogP contribution < -0.4 is 10.4 Å². The largest absolute Gasteiger partial charge is 0.424 e. The van der Waals surface area contributed by atoms with Crippen molar-refractivity contribution in [1.82, 2.24) is 0 Å². The lowest BCUT2D eigenvalue weighted by atomic mass is 9.99. The van der Waals surface area contributed by atoms with Crippen molar-refractivity contribution in [3.8, 4) is 0 Å². The van der Waals surface area contributed by atoms with E-state index in [2.05, 4.69) is 0 Å². The van der Waals surface area contributed by atoms with Crippen molar-refractivity contribution in [2.45, 2.75) is 75.2 Å². The quantitative estimate of drug-likeness (QED) is 0.644. The van der Waals surface area contributed by atoms with Gasteiger partial charge in [-0.05, 0) is 42.1 Å². The summed E-state index contributed by atoms with van der Waals surface area (Å²) in [7, 11) is -3.21. The fourth-order valence-electron chi connectivity index (χ4n) is 5.01. The third-order valence-electron chi connectivity index (χ3n) is 7.25. The summed E-state index contributed by atoms with van der Waals surface area (Å²) in [4.78, 5) is 12.2. The van der Waals surface area contributed by atoms with Crippen molar-refractivity contribution in [1.29, 1.82) is 0 Å². The Bertz CT molecular complexity index is 880. The molecule has 4 rings (SSSR count). The van der Waals surface area contributed by atoms with Gasteiger partial charge in [0, 0.05) is 6.42 Å². The maximum Gasteiger partial charge on any atom is 0.258 e. The minimum absolute atomic E-state index is 0.0385. The highest BCUT2D eigenvalue weighted by atomic mass is 28.4. The van der Waals surface area contributed by atoms with Crippen LogP contribution >= 0.6 is 0 Å². The Labute approximate surface area is 185 Å². The lowest BCUT2D eigenvalue weighted by Gasteiger charge is -2.41. The molecule has 4 nitrogen and oxygen atoms in total. The molecule has 2 fully saturated rings. The van der Waals surface area contributed by atoms with E-state index in [4.69, 9.17) is 9.47 Å². The van der Waals surface area contributed by atoms with E-state index < -0.39 is 36.5 Å². The van der Waals surface area contributed by atoms with Crippen molar-refractivity contribution < 1.29 is 23.8 Å². The Morgan fingerprint density at radius 2 is 1.55 bits per heavy atom. The number of ether oxygens (including phenoxy) is 2. The van der Waals surface area contributed by atoms with Crippen LogP contribution in [-0.4, -0.2) is 48.0 Å². The van der Waals surface area contributed by atoms with Crippen molar-refractivity contribution >= 4 is 18.7 Å². The summed E-state index contributed by atoms with van der Waals surface area (Å²) in [6, 6.07) is 19.5. The van der Waals surface area contributed by atoms with Crippen molar-refractivity contribution in [2.24, 2.45) is 0 Å². The predicted molar refractivity (Wildman–Crippen MR) is 122 cm³/mol. The topological polar surface area (TPSA) is 58.9 Å². The van der Waals surface area contributed by atoms with Gasteiger partial charge in [-0.25, -0.2) is 4.39 Å². The zero-order valence-corrected chi connectivity index (χ0v) is 19.8. The van der Waals surface area contributed by atoms with Gasteiger partial charge < -0.3 is 19.4 Å². The average Bonchev–Trinajstić information content (AvgIpc) is 3.11. The zero-order valence-electron chi connectivity index (χ0n) is 18.8. The van der Waals surface area contributed by atoms with Crippen LogP contribution in [0.2, 0.25) is 5.04 Å². The number of hydrogen-bond acceptors (Lipinski definition) is 4. The monoisotopic (exact) mass is 444 g/mol. The minimum atomic E-state index is -3.21. The molecular formula is C25H33FO4Si. The van der Waals surface area contributed by atoms with Crippen LogP contribution in [-0.2, 0) is 9.47 Å². The average molecular weight is 445 g/mol. The molecule has 31 heavy (non-hydrogen) atoms. The molecule has 2 N–H and O–H groups in total. The molecule has 2 aromatic carbocycles. The van der Waals surface area contributed by atoms with Gasteiger partial charge in [0.2, 0.25) is 0 Å². The number of benzene rings is 2. The van der Waals surface area contributed by atoms with Crippen LogP contribution in [0.4, 0.5) is 4.39 Å². The highest BCUT2D eigenvalue weighted by molar-refractivity contribution is 6.98. The molecule has 0 aromatic heterocycles. The molecule has 6 heteroatoms. The fraction of sp³-hybridized carbons (Fsp3) is 0.520. The van der Waals surface area contributed by atoms with E-state index in [9.17, 15) is 9.90 Å². The number of alkyl halides is 1. The lowest BCUT2D eigenvalue weighted by Crippen LogP contribution is -2.65. The Balaban J connectivity index is 1.57. The molecule has 0 unspecified atom stereocenters. The van der Waals surface area contributed by atoms with Gasteiger partial charge in [-0.15, -0.1) is 0 Å². The molecule has 2 aliphatic rings. The molecule has 1 saturated heterocycles. The van der Waals surface area contributed by atoms with Crippen LogP contribution in [0.3, 0.4) is 0 Å². The maximum atomic E-state index is 15.7. The molecule has 168 valence electrons. The van der Waals surface area contributed by atoms with Gasteiger partial charge in [-0.1, -0.05) is 74.5 Å². The van der Waals surface area contributed by atoms with E-state index in [0.29, 0.717) is 6.42 Å². The van der Waals surface area contributed by atoms with E-state index in [-0.39, 0.29) is 19.4 Å². The maximum absolute atomic E-state index is 15.7. The summed E-state index contributed by atoms with van der Waals surface area (Å²) < 4.78 is 27.0. The van der Waals surface area contributed by atoms with Gasteiger partial charge in [-0.2, -0.15) is 0 Å². The molecule has 1 aliphatic carbocycles. The summed E-state index contributed by atoms with van der Waals surface area (Å²) in [5, 5.41) is 12.2. The van der Waals surface area contributed by atoms with Crippen molar-refractivity contribution in [3.63, 3.8) is 0 Å². The van der Waals surface area contributed by atoms with E-state index in [1.54, 1.807) is 13.8 Å². The molecule has 0 amide bonds. The Morgan fingerprint density at radius 3 is 2.00 bits per heavy atom. The zero-order chi connectivity index (χ0) is 22.5. The van der Waals surface area contributed by atoms with Gasteiger partial charge >= 0.3 is 0 Å². The van der Waals surface area contributed by atoms with Crippen LogP contribution in [0.1, 0.15) is 47.0 Å². The summed E-state index contributed by atoms with van der Waals surface area (Å²) in [5.41, 5.74) is -3.27. The van der Waals surface area contributed by atoms with Gasteiger partial charge in [0.15, 0.2) is 5.79 Å². The first-order chi connectivity index (χ1) is 14.4. The number of aliphatic hydroxyl groups is 1. The third-order valence-corrected chi connectivity index (χ3v) is 11.8. The normalized spacial score (nSPS) is 30.4. The minimum Gasteiger partial charge on any atom is -0.424 e. The molecule has 0 bridgehead atoms. The first-order valence-electron chi connectivity index (χ1n) is 11.0. The number of rotatable bonds is 7. The summed E-state index contributed by atoms with van der Waals surface area (Å²) in [5.74, 6) is -0.809. The van der Waals surface area contributed by atoms with E-state index in [1.807, 2.05) is 74.5 Å². The molecule has 1 aliphatic heterocycles. The lowest BCUT2D eigenvalue weighted by molar-refractivity contribution is -0.159. The van der Waals surface area contributed by atoms with Crippen molar-refractivity contribution in [2.75, 3.05) is 6.61 Å². The molecule has 0 radical (unpaired) electrons. The molecular weight excluding hydrogens is 411 g/mol. The molecule has 2 aromatic rings. The SMILES string of the molecule is CC1(C)OC[C@H]([C@]2(O)C[C@]2(F)CCC(C)(C)[Si](O)(c2ccccc2)c2ccccc2)O1. The fourth-order valence-corrected chi connectivity index (χ4v) is 8.74. The van der Waals surface area contributed by atoms with E-state index in [0.717, 1.165) is 10.4 Å². The van der Waals surface area contributed by atoms with Crippen LogP contribution in [0.15, 0.2) is 60.7 Å².